The van der Waals surface area contributed by atoms with Gasteiger partial charge in [-0.05, 0) is 25.8 Å². The summed E-state index contributed by atoms with van der Waals surface area (Å²) in [6, 6.07) is 11.7. The smallest absolute Gasteiger partial charge is 0.110 e. The van der Waals surface area contributed by atoms with E-state index in [0.717, 1.165) is 18.8 Å². The van der Waals surface area contributed by atoms with E-state index in [2.05, 4.69) is 64.8 Å². The van der Waals surface area contributed by atoms with Gasteiger partial charge in [-0.3, -0.25) is 4.90 Å². The van der Waals surface area contributed by atoms with Crippen molar-refractivity contribution in [3.8, 4) is 0 Å². The van der Waals surface area contributed by atoms with Crippen LogP contribution in [-0.4, -0.2) is 29.0 Å². The van der Waals surface area contributed by atoms with E-state index in [1.807, 2.05) is 0 Å². The number of benzene rings is 1. The fraction of sp³-hybridized carbons (Fsp3) is 0.471. The van der Waals surface area contributed by atoms with Crippen LogP contribution in [0.3, 0.4) is 0 Å². The van der Waals surface area contributed by atoms with Gasteiger partial charge in [0.2, 0.25) is 0 Å². The molecule has 1 aliphatic rings. The molecule has 0 radical (unpaired) electrons. The first-order valence-electron chi connectivity index (χ1n) is 7.65. The first-order chi connectivity index (χ1) is 10.2. The predicted octanol–water partition coefficient (Wildman–Crippen LogP) is 3.38. The van der Waals surface area contributed by atoms with Crippen LogP contribution in [0.4, 0.5) is 0 Å². The molecule has 2 unspecified atom stereocenters. The summed E-state index contributed by atoms with van der Waals surface area (Å²) in [6.45, 7) is 7.64. The summed E-state index contributed by atoms with van der Waals surface area (Å²) in [4.78, 5) is 7.12. The number of hydrogen-bond acceptors (Lipinski definition) is 4. The van der Waals surface area contributed by atoms with Crippen molar-refractivity contribution < 1.29 is 0 Å². The zero-order valence-corrected chi connectivity index (χ0v) is 13.6. The predicted molar refractivity (Wildman–Crippen MR) is 88.5 cm³/mol. The van der Waals surface area contributed by atoms with E-state index in [4.69, 9.17) is 0 Å². The molecular formula is C17H23N3S. The third-order valence-corrected chi connectivity index (χ3v) is 5.16. The number of rotatable bonds is 5. The maximum absolute atomic E-state index is 4.58. The van der Waals surface area contributed by atoms with E-state index in [9.17, 15) is 0 Å². The van der Waals surface area contributed by atoms with Gasteiger partial charge in [-0.15, -0.1) is 11.3 Å². The molecule has 0 aliphatic carbocycles. The van der Waals surface area contributed by atoms with Crippen LogP contribution >= 0.6 is 11.3 Å². The topological polar surface area (TPSA) is 28.2 Å². The summed E-state index contributed by atoms with van der Waals surface area (Å²) in [5, 5.41) is 7.06. The summed E-state index contributed by atoms with van der Waals surface area (Å²) in [6.07, 6.45) is 1.22. The van der Waals surface area contributed by atoms with Gasteiger partial charge >= 0.3 is 0 Å². The summed E-state index contributed by atoms with van der Waals surface area (Å²) >= 11 is 1.76. The van der Waals surface area contributed by atoms with Crippen LogP contribution < -0.4 is 5.32 Å². The first kappa shape index (κ1) is 14.7. The highest BCUT2D eigenvalue weighted by molar-refractivity contribution is 7.09. The number of likely N-dealkylation sites (tertiary alicyclic amines) is 1. The first-order valence-corrected chi connectivity index (χ1v) is 8.53. The Morgan fingerprint density at radius 2 is 2.19 bits per heavy atom. The summed E-state index contributed by atoms with van der Waals surface area (Å²) < 4.78 is 0. The second-order valence-electron chi connectivity index (χ2n) is 5.92. The van der Waals surface area contributed by atoms with Crippen molar-refractivity contribution in [2.45, 2.75) is 38.9 Å². The molecule has 2 atom stereocenters. The van der Waals surface area contributed by atoms with E-state index in [1.54, 1.807) is 11.3 Å². The van der Waals surface area contributed by atoms with Crippen LogP contribution in [0, 0.1) is 6.92 Å². The number of hydrogen-bond donors (Lipinski definition) is 1. The lowest BCUT2D eigenvalue weighted by Crippen LogP contribution is -2.34. The molecule has 3 nitrogen and oxygen atoms in total. The molecule has 1 fully saturated rings. The van der Waals surface area contributed by atoms with Gasteiger partial charge in [-0.25, -0.2) is 4.98 Å². The monoisotopic (exact) mass is 301 g/mol. The van der Waals surface area contributed by atoms with Crippen molar-refractivity contribution in [3.05, 3.63) is 52.0 Å². The summed E-state index contributed by atoms with van der Waals surface area (Å²) in [5.74, 6) is 0. The highest BCUT2D eigenvalue weighted by Gasteiger charge is 2.24. The second kappa shape index (κ2) is 6.69. The lowest BCUT2D eigenvalue weighted by molar-refractivity contribution is 0.316. The molecule has 0 saturated carbocycles. The average molecular weight is 301 g/mol. The third kappa shape index (κ3) is 3.90. The Balaban J connectivity index is 1.50. The van der Waals surface area contributed by atoms with Crippen molar-refractivity contribution in [1.82, 2.24) is 15.2 Å². The van der Waals surface area contributed by atoms with Crippen molar-refractivity contribution in [1.29, 1.82) is 0 Å². The van der Waals surface area contributed by atoms with E-state index < -0.39 is 0 Å². The number of aromatic nitrogens is 1. The molecule has 0 spiro atoms. The molecule has 0 amide bonds. The Labute approximate surface area is 131 Å². The van der Waals surface area contributed by atoms with Crippen LogP contribution in [0.5, 0.6) is 0 Å². The Hall–Kier alpha value is -1.23. The van der Waals surface area contributed by atoms with E-state index in [1.165, 1.54) is 23.5 Å². The van der Waals surface area contributed by atoms with Gasteiger partial charge in [0.05, 0.1) is 6.04 Å². The Bertz CT molecular complexity index is 566. The minimum Gasteiger partial charge on any atom is -0.304 e. The Kier molecular flexibility index (Phi) is 4.68. The molecule has 112 valence electrons. The molecule has 1 saturated heterocycles. The SMILES string of the molecule is Cc1csc(C(C)NC2CCN(Cc3ccccc3)C2)n1. The molecule has 2 heterocycles. The quantitative estimate of drug-likeness (QED) is 0.917. The molecular weight excluding hydrogens is 278 g/mol. The van der Waals surface area contributed by atoms with E-state index >= 15 is 0 Å². The number of thiazole rings is 1. The maximum atomic E-state index is 4.58. The lowest BCUT2D eigenvalue weighted by atomic mass is 10.2. The van der Waals surface area contributed by atoms with Crippen LogP contribution in [0.25, 0.3) is 0 Å². The van der Waals surface area contributed by atoms with Crippen LogP contribution in [0.1, 0.15) is 35.7 Å². The van der Waals surface area contributed by atoms with Crippen LogP contribution in [0.2, 0.25) is 0 Å². The highest BCUT2D eigenvalue weighted by Crippen LogP contribution is 2.21. The largest absolute Gasteiger partial charge is 0.304 e. The van der Waals surface area contributed by atoms with E-state index in [-0.39, 0.29) is 0 Å². The molecule has 1 N–H and O–H groups in total. The van der Waals surface area contributed by atoms with Crippen molar-refractivity contribution in [3.63, 3.8) is 0 Å². The van der Waals surface area contributed by atoms with Crippen molar-refractivity contribution in [2.75, 3.05) is 13.1 Å². The number of aryl methyl sites for hydroxylation is 1. The molecule has 1 aromatic heterocycles. The third-order valence-electron chi connectivity index (χ3n) is 4.01. The zero-order valence-electron chi connectivity index (χ0n) is 12.7. The fourth-order valence-corrected chi connectivity index (χ4v) is 3.76. The molecule has 21 heavy (non-hydrogen) atoms. The van der Waals surface area contributed by atoms with Crippen molar-refractivity contribution >= 4 is 11.3 Å². The lowest BCUT2D eigenvalue weighted by Gasteiger charge is -2.19. The van der Waals surface area contributed by atoms with Crippen molar-refractivity contribution in [2.24, 2.45) is 0 Å². The van der Waals surface area contributed by atoms with Gasteiger partial charge in [0, 0.05) is 36.8 Å². The summed E-state index contributed by atoms with van der Waals surface area (Å²) in [7, 11) is 0. The van der Waals surface area contributed by atoms with Gasteiger partial charge in [-0.2, -0.15) is 0 Å². The van der Waals surface area contributed by atoms with E-state index in [0.29, 0.717) is 12.1 Å². The Morgan fingerprint density at radius 3 is 2.90 bits per heavy atom. The van der Waals surface area contributed by atoms with Crippen LogP contribution in [-0.2, 0) is 6.54 Å². The van der Waals surface area contributed by atoms with Gasteiger partial charge in [0.15, 0.2) is 0 Å². The zero-order chi connectivity index (χ0) is 14.7. The normalized spacial score (nSPS) is 20.8. The Morgan fingerprint density at radius 1 is 1.38 bits per heavy atom. The van der Waals surface area contributed by atoms with Gasteiger partial charge in [0.1, 0.15) is 5.01 Å². The summed E-state index contributed by atoms with van der Waals surface area (Å²) in [5.41, 5.74) is 2.53. The minimum atomic E-state index is 0.352. The molecule has 4 heteroatoms. The molecule has 0 bridgehead atoms. The number of nitrogens with zero attached hydrogens (tertiary/aromatic N) is 2. The molecule has 1 aliphatic heterocycles. The molecule has 1 aromatic carbocycles. The van der Waals surface area contributed by atoms with Gasteiger partial charge < -0.3 is 5.32 Å². The fourth-order valence-electron chi connectivity index (χ4n) is 2.95. The van der Waals surface area contributed by atoms with Crippen LogP contribution in [0.15, 0.2) is 35.7 Å². The average Bonchev–Trinajstić information content (AvgIpc) is 3.09. The van der Waals surface area contributed by atoms with Gasteiger partial charge in [-0.1, -0.05) is 30.3 Å². The molecule has 3 rings (SSSR count). The highest BCUT2D eigenvalue weighted by atomic mass is 32.1. The standard InChI is InChI=1S/C17H23N3S/c1-13-12-21-17(18-13)14(2)19-16-8-9-20(11-16)10-15-6-4-3-5-7-15/h3-7,12,14,16,19H,8-11H2,1-2H3. The maximum Gasteiger partial charge on any atom is 0.110 e. The second-order valence-corrected chi connectivity index (χ2v) is 6.81. The number of nitrogens with one attached hydrogen (secondary N) is 1. The molecule has 2 aromatic rings. The minimum absolute atomic E-state index is 0.352. The van der Waals surface area contributed by atoms with Gasteiger partial charge in [0.25, 0.3) is 0 Å².